The lowest BCUT2D eigenvalue weighted by Gasteiger charge is -2.39. The predicted molar refractivity (Wildman–Crippen MR) is 114 cm³/mol. The molecule has 0 unspecified atom stereocenters. The van der Waals surface area contributed by atoms with E-state index in [2.05, 4.69) is 5.32 Å². The third-order valence-corrected chi connectivity index (χ3v) is 6.75. The number of amides is 5. The van der Waals surface area contributed by atoms with Gasteiger partial charge in [-0.1, -0.05) is 32.0 Å². The molecule has 0 saturated carbocycles. The molecule has 3 heterocycles. The molecule has 1 N–H and O–H groups in total. The number of likely N-dealkylation sites (tertiary alicyclic amines) is 2. The summed E-state index contributed by atoms with van der Waals surface area (Å²) in [5, 5.41) is 2.94. The minimum Gasteiger partial charge on any atom is -0.342 e. The minimum absolute atomic E-state index is 0.0497. The zero-order valence-electron chi connectivity index (χ0n) is 18.2. The second kappa shape index (κ2) is 8.32. The molecule has 1 aromatic carbocycles. The summed E-state index contributed by atoms with van der Waals surface area (Å²) in [7, 11) is 0. The first-order chi connectivity index (χ1) is 14.8. The first-order valence-electron chi connectivity index (χ1n) is 11.1. The lowest BCUT2D eigenvalue weighted by atomic mass is 9.86. The van der Waals surface area contributed by atoms with Crippen molar-refractivity contribution >= 4 is 23.8 Å². The van der Waals surface area contributed by atoms with Crippen LogP contribution in [-0.2, 0) is 9.59 Å². The number of rotatable bonds is 3. The second-order valence-electron chi connectivity index (χ2n) is 9.06. The Labute approximate surface area is 182 Å². The van der Waals surface area contributed by atoms with E-state index in [0.717, 1.165) is 0 Å². The van der Waals surface area contributed by atoms with E-state index in [9.17, 15) is 19.2 Å². The van der Waals surface area contributed by atoms with Gasteiger partial charge in [-0.25, -0.2) is 4.79 Å². The van der Waals surface area contributed by atoms with Crippen LogP contribution in [0.4, 0.5) is 4.79 Å². The van der Waals surface area contributed by atoms with Gasteiger partial charge in [-0.05, 0) is 37.8 Å². The van der Waals surface area contributed by atoms with Gasteiger partial charge in [-0.15, -0.1) is 0 Å². The molecule has 3 aliphatic rings. The van der Waals surface area contributed by atoms with E-state index in [0.29, 0.717) is 57.4 Å². The molecular formula is C23H30N4O4. The number of hydrogen-bond acceptors (Lipinski definition) is 4. The van der Waals surface area contributed by atoms with Crippen molar-refractivity contribution in [3.8, 4) is 0 Å². The van der Waals surface area contributed by atoms with Crippen molar-refractivity contribution in [2.75, 3.05) is 26.2 Å². The van der Waals surface area contributed by atoms with Crippen LogP contribution in [0.3, 0.4) is 0 Å². The standard InChI is InChI=1S/C23H30N4O4/c1-16(2)19(28)25-12-8-18(9-13-25)27-21(30)23(24-22(27)31)10-14-26(15-11-23)20(29)17-6-4-3-5-7-17/h3-7,16,18H,8-15H2,1-2H3,(H,24,31). The van der Waals surface area contributed by atoms with Crippen molar-refractivity contribution in [3.63, 3.8) is 0 Å². The summed E-state index contributed by atoms with van der Waals surface area (Å²) in [5.41, 5.74) is -0.292. The van der Waals surface area contributed by atoms with Crippen molar-refractivity contribution < 1.29 is 19.2 Å². The van der Waals surface area contributed by atoms with Gasteiger partial charge >= 0.3 is 6.03 Å². The van der Waals surface area contributed by atoms with E-state index >= 15 is 0 Å². The lowest BCUT2D eigenvalue weighted by Crippen LogP contribution is -2.56. The van der Waals surface area contributed by atoms with E-state index in [4.69, 9.17) is 0 Å². The topological polar surface area (TPSA) is 90.0 Å². The van der Waals surface area contributed by atoms with E-state index in [1.807, 2.05) is 36.9 Å². The second-order valence-corrected chi connectivity index (χ2v) is 9.06. The molecule has 166 valence electrons. The number of imide groups is 1. The van der Waals surface area contributed by atoms with E-state index < -0.39 is 5.54 Å². The number of carbonyl (C=O) groups is 4. The summed E-state index contributed by atoms with van der Waals surface area (Å²) < 4.78 is 0. The zero-order chi connectivity index (χ0) is 22.2. The van der Waals surface area contributed by atoms with Gasteiger partial charge in [-0.3, -0.25) is 19.3 Å². The number of carbonyl (C=O) groups excluding carboxylic acids is 4. The molecule has 4 rings (SSSR count). The molecule has 0 aromatic heterocycles. The highest BCUT2D eigenvalue weighted by molar-refractivity contribution is 6.07. The molecule has 0 atom stereocenters. The minimum atomic E-state index is -0.921. The molecule has 0 bridgehead atoms. The average Bonchev–Trinajstić information content (AvgIpc) is 3.03. The van der Waals surface area contributed by atoms with Gasteiger partial charge in [0.1, 0.15) is 5.54 Å². The maximum absolute atomic E-state index is 13.3. The largest absolute Gasteiger partial charge is 0.342 e. The van der Waals surface area contributed by atoms with Crippen LogP contribution >= 0.6 is 0 Å². The fourth-order valence-electron chi connectivity index (χ4n) is 4.88. The highest BCUT2D eigenvalue weighted by atomic mass is 16.2. The first kappa shape index (κ1) is 21.3. The van der Waals surface area contributed by atoms with Crippen LogP contribution in [0.1, 0.15) is 49.9 Å². The average molecular weight is 427 g/mol. The van der Waals surface area contributed by atoms with Crippen LogP contribution in [0.15, 0.2) is 30.3 Å². The first-order valence-corrected chi connectivity index (χ1v) is 11.1. The molecule has 8 heteroatoms. The van der Waals surface area contributed by atoms with Crippen LogP contribution in [0.2, 0.25) is 0 Å². The molecule has 3 fully saturated rings. The molecule has 5 amide bonds. The van der Waals surface area contributed by atoms with Crippen molar-refractivity contribution in [3.05, 3.63) is 35.9 Å². The van der Waals surface area contributed by atoms with Crippen LogP contribution in [0, 0.1) is 5.92 Å². The third-order valence-electron chi connectivity index (χ3n) is 6.75. The molecule has 8 nitrogen and oxygen atoms in total. The van der Waals surface area contributed by atoms with Crippen molar-refractivity contribution in [2.24, 2.45) is 5.92 Å². The highest BCUT2D eigenvalue weighted by Crippen LogP contribution is 2.33. The maximum Gasteiger partial charge on any atom is 0.325 e. The molecular weight excluding hydrogens is 396 g/mol. The van der Waals surface area contributed by atoms with Gasteiger partial charge < -0.3 is 15.1 Å². The fraction of sp³-hybridized carbons (Fsp3) is 0.565. The van der Waals surface area contributed by atoms with E-state index in [1.54, 1.807) is 17.0 Å². The van der Waals surface area contributed by atoms with E-state index in [1.165, 1.54) is 4.90 Å². The van der Waals surface area contributed by atoms with Gasteiger partial charge in [0.2, 0.25) is 5.91 Å². The quantitative estimate of drug-likeness (QED) is 0.747. The fourth-order valence-corrected chi connectivity index (χ4v) is 4.88. The van der Waals surface area contributed by atoms with Crippen LogP contribution in [0.25, 0.3) is 0 Å². The van der Waals surface area contributed by atoms with Crippen molar-refractivity contribution in [1.29, 1.82) is 0 Å². The van der Waals surface area contributed by atoms with Crippen LogP contribution < -0.4 is 5.32 Å². The molecule has 0 aliphatic carbocycles. The SMILES string of the molecule is CC(C)C(=O)N1CCC(N2C(=O)NC3(CCN(C(=O)c4ccccc4)CC3)C2=O)CC1. The Kier molecular flexibility index (Phi) is 5.73. The van der Waals surface area contributed by atoms with E-state index in [-0.39, 0.29) is 35.7 Å². The van der Waals surface area contributed by atoms with Crippen molar-refractivity contribution in [2.45, 2.75) is 51.1 Å². The summed E-state index contributed by atoms with van der Waals surface area (Å²) >= 11 is 0. The summed E-state index contributed by atoms with van der Waals surface area (Å²) in [6.07, 6.45) is 2.04. The summed E-state index contributed by atoms with van der Waals surface area (Å²) in [5.74, 6) is -0.174. The Bertz CT molecular complexity index is 869. The summed E-state index contributed by atoms with van der Waals surface area (Å²) in [4.78, 5) is 55.9. The molecule has 1 aromatic rings. The van der Waals surface area contributed by atoms with Gasteiger partial charge in [0.05, 0.1) is 0 Å². The zero-order valence-corrected chi connectivity index (χ0v) is 18.2. The molecule has 1 spiro atoms. The predicted octanol–water partition coefficient (Wildman–Crippen LogP) is 1.86. The van der Waals surface area contributed by atoms with Gasteiger partial charge in [0, 0.05) is 43.7 Å². The normalized spacial score (nSPS) is 21.7. The van der Waals surface area contributed by atoms with Gasteiger partial charge in [0.25, 0.3) is 11.8 Å². The van der Waals surface area contributed by atoms with Crippen molar-refractivity contribution in [1.82, 2.24) is 20.0 Å². The number of urea groups is 1. The van der Waals surface area contributed by atoms with Gasteiger partial charge in [0.15, 0.2) is 0 Å². The van der Waals surface area contributed by atoms with Crippen LogP contribution in [0.5, 0.6) is 0 Å². The van der Waals surface area contributed by atoms with Gasteiger partial charge in [-0.2, -0.15) is 0 Å². The Balaban J connectivity index is 1.38. The number of benzene rings is 1. The number of nitrogens with zero attached hydrogens (tertiary/aromatic N) is 3. The Morgan fingerprint density at radius 1 is 0.968 bits per heavy atom. The Morgan fingerprint density at radius 3 is 2.16 bits per heavy atom. The highest BCUT2D eigenvalue weighted by Gasteiger charge is 2.54. The lowest BCUT2D eigenvalue weighted by molar-refractivity contribution is -0.137. The number of hydrogen-bond donors (Lipinski definition) is 1. The summed E-state index contributed by atoms with van der Waals surface area (Å²) in [6, 6.07) is 8.57. The molecule has 0 radical (unpaired) electrons. The third kappa shape index (κ3) is 3.91. The molecule has 3 saturated heterocycles. The Morgan fingerprint density at radius 2 is 1.58 bits per heavy atom. The smallest absolute Gasteiger partial charge is 0.325 e. The Hall–Kier alpha value is -2.90. The number of piperidine rings is 2. The summed E-state index contributed by atoms with van der Waals surface area (Å²) in [6.45, 7) is 5.73. The maximum atomic E-state index is 13.3. The monoisotopic (exact) mass is 426 g/mol. The molecule has 3 aliphatic heterocycles. The van der Waals surface area contributed by atoms with Crippen LogP contribution in [-0.4, -0.2) is 76.2 Å². The molecule has 31 heavy (non-hydrogen) atoms. The number of nitrogens with one attached hydrogen (secondary N) is 1.